The molecule has 0 atom stereocenters. The first-order valence-electron chi connectivity index (χ1n) is 6.13. The van der Waals surface area contributed by atoms with Crippen molar-refractivity contribution in [2.75, 3.05) is 5.32 Å². The van der Waals surface area contributed by atoms with Crippen molar-refractivity contribution in [2.24, 2.45) is 5.16 Å². The van der Waals surface area contributed by atoms with Crippen molar-refractivity contribution in [1.29, 1.82) is 0 Å². The Hall–Kier alpha value is -3.02. The van der Waals surface area contributed by atoms with Crippen molar-refractivity contribution in [1.82, 2.24) is 0 Å². The Labute approximate surface area is 121 Å². The molecule has 0 bridgehead atoms. The number of oxime groups is 1. The molecule has 1 amide bonds. The average Bonchev–Trinajstić information content (AvgIpc) is 2.46. The predicted molar refractivity (Wildman–Crippen MR) is 78.2 cm³/mol. The number of carbonyl (C=O) groups is 1. The molecule has 0 aliphatic rings. The SMILES string of the molecule is C/C(=N/O)c1ccccc1NC(=O)c1cc(O)cc(O)c1. The lowest BCUT2D eigenvalue weighted by Crippen LogP contribution is -2.14. The number of para-hydroxylation sites is 1. The predicted octanol–water partition coefficient (Wildman–Crippen LogP) is 2.55. The number of hydrogen-bond donors (Lipinski definition) is 4. The lowest BCUT2D eigenvalue weighted by Gasteiger charge is -2.10. The van der Waals surface area contributed by atoms with E-state index < -0.39 is 5.91 Å². The summed E-state index contributed by atoms with van der Waals surface area (Å²) >= 11 is 0. The maximum Gasteiger partial charge on any atom is 0.255 e. The third-order valence-corrected chi connectivity index (χ3v) is 2.88. The molecular weight excluding hydrogens is 272 g/mol. The first kappa shape index (κ1) is 14.4. The van der Waals surface area contributed by atoms with Crippen LogP contribution in [0.4, 0.5) is 5.69 Å². The highest BCUT2D eigenvalue weighted by Gasteiger charge is 2.12. The third kappa shape index (κ3) is 3.30. The van der Waals surface area contributed by atoms with Crippen LogP contribution in [0.1, 0.15) is 22.8 Å². The average molecular weight is 286 g/mol. The molecule has 0 saturated carbocycles. The number of rotatable bonds is 3. The van der Waals surface area contributed by atoms with Crippen molar-refractivity contribution in [2.45, 2.75) is 6.92 Å². The Balaban J connectivity index is 2.32. The fourth-order valence-corrected chi connectivity index (χ4v) is 1.88. The Morgan fingerprint density at radius 1 is 1.10 bits per heavy atom. The first-order chi connectivity index (χ1) is 10.0. The molecule has 6 heteroatoms. The molecule has 0 saturated heterocycles. The summed E-state index contributed by atoms with van der Waals surface area (Å²) in [5.74, 6) is -0.914. The van der Waals surface area contributed by atoms with Gasteiger partial charge in [-0.1, -0.05) is 23.4 Å². The standard InChI is InChI=1S/C15H14N2O4/c1-9(17-21)13-4-2-3-5-14(13)16-15(20)10-6-11(18)8-12(19)7-10/h2-8,18-19,21H,1H3,(H,16,20)/b17-9-. The quantitative estimate of drug-likeness (QED) is 0.395. The zero-order chi connectivity index (χ0) is 15.4. The van der Waals surface area contributed by atoms with Gasteiger partial charge < -0.3 is 20.7 Å². The zero-order valence-electron chi connectivity index (χ0n) is 11.2. The maximum absolute atomic E-state index is 12.1. The van der Waals surface area contributed by atoms with E-state index in [1.807, 2.05) is 0 Å². The molecular formula is C15H14N2O4. The second-order valence-corrected chi connectivity index (χ2v) is 4.42. The van der Waals surface area contributed by atoms with E-state index in [2.05, 4.69) is 10.5 Å². The van der Waals surface area contributed by atoms with Crippen LogP contribution in [-0.2, 0) is 0 Å². The molecule has 0 heterocycles. The molecule has 2 aromatic carbocycles. The summed E-state index contributed by atoms with van der Waals surface area (Å²) in [6.07, 6.45) is 0. The zero-order valence-corrected chi connectivity index (χ0v) is 11.2. The van der Waals surface area contributed by atoms with Crippen molar-refractivity contribution in [3.8, 4) is 11.5 Å². The Kier molecular flexibility index (Phi) is 4.08. The minimum absolute atomic E-state index is 0.112. The van der Waals surface area contributed by atoms with Gasteiger partial charge in [-0.05, 0) is 25.1 Å². The summed E-state index contributed by atoms with van der Waals surface area (Å²) < 4.78 is 0. The van der Waals surface area contributed by atoms with E-state index in [-0.39, 0.29) is 17.1 Å². The third-order valence-electron chi connectivity index (χ3n) is 2.88. The van der Waals surface area contributed by atoms with Crippen LogP contribution >= 0.6 is 0 Å². The molecule has 4 N–H and O–H groups in total. The molecule has 0 radical (unpaired) electrons. The Morgan fingerprint density at radius 2 is 1.71 bits per heavy atom. The number of nitrogens with zero attached hydrogens (tertiary/aromatic N) is 1. The van der Waals surface area contributed by atoms with E-state index in [1.165, 1.54) is 12.1 Å². The van der Waals surface area contributed by atoms with Gasteiger partial charge in [0.25, 0.3) is 5.91 Å². The second kappa shape index (κ2) is 5.96. The molecule has 0 aliphatic heterocycles. The van der Waals surface area contributed by atoms with E-state index >= 15 is 0 Å². The summed E-state index contributed by atoms with van der Waals surface area (Å²) in [7, 11) is 0. The number of benzene rings is 2. The number of phenols is 2. The highest BCUT2D eigenvalue weighted by atomic mass is 16.4. The number of aromatic hydroxyl groups is 2. The Morgan fingerprint density at radius 3 is 2.33 bits per heavy atom. The molecule has 108 valence electrons. The van der Waals surface area contributed by atoms with Gasteiger partial charge in [-0.15, -0.1) is 0 Å². The number of phenolic OH excluding ortho intramolecular Hbond substituents is 2. The smallest absolute Gasteiger partial charge is 0.255 e. The summed E-state index contributed by atoms with van der Waals surface area (Å²) in [6, 6.07) is 10.4. The number of amides is 1. The van der Waals surface area contributed by atoms with Gasteiger partial charge in [0.2, 0.25) is 0 Å². The molecule has 0 aromatic heterocycles. The van der Waals surface area contributed by atoms with E-state index in [0.29, 0.717) is 17.0 Å². The van der Waals surface area contributed by atoms with E-state index in [1.54, 1.807) is 31.2 Å². The van der Waals surface area contributed by atoms with Crippen molar-refractivity contribution >= 4 is 17.3 Å². The monoisotopic (exact) mass is 286 g/mol. The van der Waals surface area contributed by atoms with Crippen LogP contribution in [0, 0.1) is 0 Å². The summed E-state index contributed by atoms with van der Waals surface area (Å²) in [4.78, 5) is 12.1. The van der Waals surface area contributed by atoms with Crippen LogP contribution in [0.3, 0.4) is 0 Å². The highest BCUT2D eigenvalue weighted by molar-refractivity contribution is 6.10. The minimum atomic E-state index is -0.501. The van der Waals surface area contributed by atoms with E-state index in [9.17, 15) is 15.0 Å². The van der Waals surface area contributed by atoms with Gasteiger partial charge >= 0.3 is 0 Å². The Bertz CT molecular complexity index is 690. The van der Waals surface area contributed by atoms with Gasteiger partial charge in [-0.3, -0.25) is 4.79 Å². The lowest BCUT2D eigenvalue weighted by molar-refractivity contribution is 0.102. The molecule has 0 aliphatic carbocycles. The number of anilines is 1. The summed E-state index contributed by atoms with van der Waals surface area (Å²) in [5, 5.41) is 33.4. The number of hydrogen-bond acceptors (Lipinski definition) is 5. The largest absolute Gasteiger partial charge is 0.508 e. The molecule has 21 heavy (non-hydrogen) atoms. The van der Waals surface area contributed by atoms with Gasteiger partial charge in [0.05, 0.1) is 11.4 Å². The van der Waals surface area contributed by atoms with Crippen LogP contribution in [0.25, 0.3) is 0 Å². The molecule has 6 nitrogen and oxygen atoms in total. The summed E-state index contributed by atoms with van der Waals surface area (Å²) in [5.41, 5.74) is 1.49. The highest BCUT2D eigenvalue weighted by Crippen LogP contribution is 2.22. The van der Waals surface area contributed by atoms with E-state index in [4.69, 9.17) is 5.21 Å². The fraction of sp³-hybridized carbons (Fsp3) is 0.0667. The fourth-order valence-electron chi connectivity index (χ4n) is 1.88. The van der Waals surface area contributed by atoms with Crippen LogP contribution < -0.4 is 5.32 Å². The maximum atomic E-state index is 12.1. The number of carbonyl (C=O) groups excluding carboxylic acids is 1. The van der Waals surface area contributed by atoms with Gasteiger partial charge in [-0.25, -0.2) is 0 Å². The van der Waals surface area contributed by atoms with Crippen LogP contribution in [0.15, 0.2) is 47.6 Å². The molecule has 0 fully saturated rings. The van der Waals surface area contributed by atoms with Crippen molar-refractivity contribution in [3.63, 3.8) is 0 Å². The van der Waals surface area contributed by atoms with Crippen molar-refractivity contribution < 1.29 is 20.2 Å². The van der Waals surface area contributed by atoms with E-state index in [0.717, 1.165) is 6.07 Å². The van der Waals surface area contributed by atoms with Gasteiger partial charge in [0, 0.05) is 17.2 Å². The van der Waals surface area contributed by atoms with Crippen LogP contribution in [-0.4, -0.2) is 27.0 Å². The molecule has 0 spiro atoms. The van der Waals surface area contributed by atoms with Crippen LogP contribution in [0.5, 0.6) is 11.5 Å². The van der Waals surface area contributed by atoms with Gasteiger partial charge in [-0.2, -0.15) is 0 Å². The number of nitrogens with one attached hydrogen (secondary N) is 1. The molecule has 0 unspecified atom stereocenters. The lowest BCUT2D eigenvalue weighted by atomic mass is 10.1. The second-order valence-electron chi connectivity index (χ2n) is 4.42. The molecule has 2 rings (SSSR count). The first-order valence-corrected chi connectivity index (χ1v) is 6.13. The van der Waals surface area contributed by atoms with Gasteiger partial charge in [0.1, 0.15) is 11.5 Å². The normalized spacial score (nSPS) is 11.2. The minimum Gasteiger partial charge on any atom is -0.508 e. The topological polar surface area (TPSA) is 102 Å². The summed E-state index contributed by atoms with van der Waals surface area (Å²) in [6.45, 7) is 1.60. The molecule has 2 aromatic rings. The van der Waals surface area contributed by atoms with Crippen molar-refractivity contribution in [3.05, 3.63) is 53.6 Å². The van der Waals surface area contributed by atoms with Crippen LogP contribution in [0.2, 0.25) is 0 Å². The van der Waals surface area contributed by atoms with Gasteiger partial charge in [0.15, 0.2) is 0 Å².